The Labute approximate surface area is 162 Å². The molecular formula is C19H18FN3O4S. The highest BCUT2D eigenvalue weighted by Crippen LogP contribution is 2.22. The maximum atomic E-state index is 13.4. The van der Waals surface area contributed by atoms with E-state index in [1.54, 1.807) is 31.2 Å². The number of hydrogen-bond donors (Lipinski definition) is 1. The summed E-state index contributed by atoms with van der Waals surface area (Å²) < 4.78 is 47.8. The second-order valence-electron chi connectivity index (χ2n) is 6.10. The average Bonchev–Trinajstić information content (AvgIpc) is 2.66. The number of carbonyl (C=O) groups excluding carboxylic acids is 1. The summed E-state index contributed by atoms with van der Waals surface area (Å²) in [5.41, 5.74) is 1.24. The van der Waals surface area contributed by atoms with Crippen LogP contribution in [0.25, 0.3) is 0 Å². The fourth-order valence-corrected chi connectivity index (χ4v) is 3.49. The van der Waals surface area contributed by atoms with Crippen molar-refractivity contribution in [3.63, 3.8) is 0 Å². The number of rotatable bonds is 4. The predicted molar refractivity (Wildman–Crippen MR) is 104 cm³/mol. The van der Waals surface area contributed by atoms with Gasteiger partial charge in [0.15, 0.2) is 0 Å². The standard InChI is InChI=1S/C19H18FN3O4S/c1-12-10-14(6-9-16(12)20)21-19(24)18-11-17(22-28(25,26)23(18)2)13-4-7-15(27-3)8-5-13/h4-11H,1-3H3,(H,21,24). The van der Waals surface area contributed by atoms with Crippen LogP contribution in [0.1, 0.15) is 11.1 Å². The molecule has 0 spiro atoms. The third kappa shape index (κ3) is 3.89. The van der Waals surface area contributed by atoms with Gasteiger partial charge < -0.3 is 10.1 Å². The summed E-state index contributed by atoms with van der Waals surface area (Å²) in [4.78, 5) is 12.7. The van der Waals surface area contributed by atoms with E-state index in [0.29, 0.717) is 22.6 Å². The SMILES string of the molecule is COc1ccc(C2=NS(=O)(=O)N(C)C(C(=O)Nc3ccc(F)c(C)c3)=C2)cc1. The zero-order valence-corrected chi connectivity index (χ0v) is 16.2. The third-order valence-corrected chi connectivity index (χ3v) is 5.52. The van der Waals surface area contributed by atoms with Crippen LogP contribution in [-0.2, 0) is 15.0 Å². The monoisotopic (exact) mass is 403 g/mol. The molecule has 0 atom stereocenters. The van der Waals surface area contributed by atoms with E-state index in [9.17, 15) is 17.6 Å². The summed E-state index contributed by atoms with van der Waals surface area (Å²) in [5, 5.41) is 2.58. The largest absolute Gasteiger partial charge is 0.497 e. The third-order valence-electron chi connectivity index (χ3n) is 4.21. The second kappa shape index (κ2) is 7.43. The molecule has 0 fully saturated rings. The lowest BCUT2D eigenvalue weighted by molar-refractivity contribution is -0.113. The number of nitrogens with zero attached hydrogens (tertiary/aromatic N) is 2. The number of allylic oxidation sites excluding steroid dienone is 1. The number of benzene rings is 2. The first kappa shape index (κ1) is 19.6. The van der Waals surface area contributed by atoms with Gasteiger partial charge in [0.2, 0.25) is 0 Å². The molecule has 0 saturated carbocycles. The van der Waals surface area contributed by atoms with Crippen molar-refractivity contribution in [2.45, 2.75) is 6.92 Å². The van der Waals surface area contributed by atoms with E-state index < -0.39 is 21.9 Å². The van der Waals surface area contributed by atoms with E-state index in [1.165, 1.54) is 38.4 Å². The van der Waals surface area contributed by atoms with Crippen molar-refractivity contribution in [3.05, 3.63) is 71.2 Å². The van der Waals surface area contributed by atoms with Gasteiger partial charge in [-0.2, -0.15) is 8.42 Å². The lowest BCUT2D eigenvalue weighted by Crippen LogP contribution is -2.35. The minimum Gasteiger partial charge on any atom is -0.497 e. The predicted octanol–water partition coefficient (Wildman–Crippen LogP) is 2.64. The fraction of sp³-hybridized carbons (Fsp3) is 0.158. The number of halogens is 1. The number of nitrogens with one attached hydrogen (secondary N) is 1. The zero-order chi connectivity index (χ0) is 20.5. The van der Waals surface area contributed by atoms with Crippen LogP contribution in [0.15, 0.2) is 58.6 Å². The first-order valence-electron chi connectivity index (χ1n) is 8.24. The van der Waals surface area contributed by atoms with Gasteiger partial charge in [-0.3, -0.25) is 4.79 Å². The Hall–Kier alpha value is -3.20. The van der Waals surface area contributed by atoms with E-state index in [4.69, 9.17) is 4.74 Å². The number of likely N-dealkylation sites (N-methyl/N-ethyl adjacent to an activating group) is 1. The number of amides is 1. The van der Waals surface area contributed by atoms with Crippen molar-refractivity contribution in [1.29, 1.82) is 0 Å². The molecule has 28 heavy (non-hydrogen) atoms. The molecule has 0 aromatic heterocycles. The van der Waals surface area contributed by atoms with Crippen molar-refractivity contribution in [1.82, 2.24) is 4.31 Å². The van der Waals surface area contributed by atoms with E-state index in [0.717, 1.165) is 4.31 Å². The Morgan fingerprint density at radius 1 is 1.18 bits per heavy atom. The lowest BCUT2D eigenvalue weighted by atomic mass is 10.1. The number of anilines is 1. The second-order valence-corrected chi connectivity index (χ2v) is 7.72. The summed E-state index contributed by atoms with van der Waals surface area (Å²) >= 11 is 0. The summed E-state index contributed by atoms with van der Waals surface area (Å²) in [6.45, 7) is 1.57. The van der Waals surface area contributed by atoms with Crippen LogP contribution in [0.5, 0.6) is 5.75 Å². The van der Waals surface area contributed by atoms with Gasteiger partial charge in [-0.15, -0.1) is 4.40 Å². The van der Waals surface area contributed by atoms with E-state index in [2.05, 4.69) is 9.71 Å². The Morgan fingerprint density at radius 2 is 1.86 bits per heavy atom. The minimum atomic E-state index is -4.07. The zero-order valence-electron chi connectivity index (χ0n) is 15.4. The fourth-order valence-electron chi connectivity index (χ4n) is 2.58. The molecule has 146 valence electrons. The molecule has 0 radical (unpaired) electrons. The highest BCUT2D eigenvalue weighted by Gasteiger charge is 2.30. The van der Waals surface area contributed by atoms with Crippen molar-refractivity contribution in [2.24, 2.45) is 4.40 Å². The maximum Gasteiger partial charge on any atom is 0.345 e. The summed E-state index contributed by atoms with van der Waals surface area (Å²) in [6.07, 6.45) is 1.38. The molecule has 2 aromatic rings. The molecule has 1 N–H and O–H groups in total. The molecule has 9 heteroatoms. The number of aryl methyl sites for hydroxylation is 1. The summed E-state index contributed by atoms with van der Waals surface area (Å²) in [6, 6.07) is 10.7. The number of carbonyl (C=O) groups is 1. The van der Waals surface area contributed by atoms with Crippen molar-refractivity contribution in [2.75, 3.05) is 19.5 Å². The van der Waals surface area contributed by atoms with Crippen molar-refractivity contribution >= 4 is 27.5 Å². The van der Waals surface area contributed by atoms with Crippen LogP contribution in [0.2, 0.25) is 0 Å². The van der Waals surface area contributed by atoms with Gasteiger partial charge in [-0.25, -0.2) is 8.70 Å². The number of ether oxygens (including phenoxy) is 1. The van der Waals surface area contributed by atoms with E-state index in [1.807, 2.05) is 0 Å². The normalized spacial score (nSPS) is 15.5. The smallest absolute Gasteiger partial charge is 0.345 e. The van der Waals surface area contributed by atoms with E-state index in [-0.39, 0.29) is 11.4 Å². The molecule has 0 aliphatic carbocycles. The molecule has 2 aromatic carbocycles. The van der Waals surface area contributed by atoms with Crippen LogP contribution in [0.4, 0.5) is 10.1 Å². The minimum absolute atomic E-state index is 0.109. The Balaban J connectivity index is 1.95. The topological polar surface area (TPSA) is 88.1 Å². The number of hydrogen-bond acceptors (Lipinski definition) is 4. The molecule has 1 heterocycles. The van der Waals surface area contributed by atoms with Gasteiger partial charge in [0.05, 0.1) is 12.8 Å². The van der Waals surface area contributed by atoms with E-state index >= 15 is 0 Å². The van der Waals surface area contributed by atoms with Crippen LogP contribution < -0.4 is 10.1 Å². The quantitative estimate of drug-likeness (QED) is 0.850. The first-order valence-corrected chi connectivity index (χ1v) is 9.63. The number of methoxy groups -OCH3 is 1. The maximum absolute atomic E-state index is 13.4. The van der Waals surface area contributed by atoms with Gasteiger partial charge in [-0.1, -0.05) is 0 Å². The molecule has 1 amide bonds. The molecule has 0 saturated heterocycles. The summed E-state index contributed by atoms with van der Waals surface area (Å²) in [7, 11) is -1.31. The van der Waals surface area contributed by atoms with Gasteiger partial charge in [0.1, 0.15) is 17.3 Å². The van der Waals surface area contributed by atoms with Crippen LogP contribution in [0, 0.1) is 12.7 Å². The molecule has 1 aliphatic heterocycles. The Kier molecular flexibility index (Phi) is 5.19. The first-order chi connectivity index (χ1) is 13.2. The van der Waals surface area contributed by atoms with Gasteiger partial charge in [0.25, 0.3) is 5.91 Å². The van der Waals surface area contributed by atoms with Crippen LogP contribution >= 0.6 is 0 Å². The molecule has 0 unspecified atom stereocenters. The molecule has 0 bridgehead atoms. The highest BCUT2D eigenvalue weighted by atomic mass is 32.2. The Morgan fingerprint density at radius 3 is 2.46 bits per heavy atom. The van der Waals surface area contributed by atoms with Crippen molar-refractivity contribution in [3.8, 4) is 5.75 Å². The summed E-state index contributed by atoms with van der Waals surface area (Å²) in [5.74, 6) is -0.449. The average molecular weight is 403 g/mol. The van der Waals surface area contributed by atoms with Crippen LogP contribution in [0.3, 0.4) is 0 Å². The molecular weight excluding hydrogens is 385 g/mol. The van der Waals surface area contributed by atoms with Gasteiger partial charge in [0, 0.05) is 18.3 Å². The van der Waals surface area contributed by atoms with Gasteiger partial charge >= 0.3 is 10.2 Å². The molecule has 1 aliphatic rings. The lowest BCUT2D eigenvalue weighted by Gasteiger charge is -2.23. The van der Waals surface area contributed by atoms with Crippen molar-refractivity contribution < 1.29 is 22.3 Å². The van der Waals surface area contributed by atoms with Gasteiger partial charge in [-0.05, 0) is 61.0 Å². The molecule has 3 rings (SSSR count). The van der Waals surface area contributed by atoms with Crippen LogP contribution in [-0.4, -0.2) is 38.5 Å². The molecule has 7 nitrogen and oxygen atoms in total. The Bertz CT molecular complexity index is 1090. The highest BCUT2D eigenvalue weighted by molar-refractivity contribution is 7.88.